The van der Waals surface area contributed by atoms with Crippen molar-refractivity contribution in [3.63, 3.8) is 0 Å². The Labute approximate surface area is 296 Å². The van der Waals surface area contributed by atoms with Gasteiger partial charge in [0.25, 0.3) is 0 Å². The number of hydrogen-bond acceptors (Lipinski definition) is 5. The van der Waals surface area contributed by atoms with Crippen molar-refractivity contribution >= 4 is 23.8 Å². The molecule has 0 heterocycles. The van der Waals surface area contributed by atoms with Crippen molar-refractivity contribution in [2.45, 2.75) is 171 Å². The summed E-state index contributed by atoms with van der Waals surface area (Å²) in [6.07, 6.45) is 11.5. The van der Waals surface area contributed by atoms with E-state index in [-0.39, 0.29) is 70.2 Å². The van der Waals surface area contributed by atoms with Crippen molar-refractivity contribution in [3.8, 4) is 0 Å². The number of carboxylic acids is 2. The number of esters is 1. The van der Waals surface area contributed by atoms with Gasteiger partial charge < -0.3 is 20.3 Å². The van der Waals surface area contributed by atoms with Crippen LogP contribution in [0.5, 0.6) is 0 Å². The molecule has 0 aliphatic heterocycles. The van der Waals surface area contributed by atoms with Gasteiger partial charge in [-0.1, -0.05) is 75.7 Å². The summed E-state index contributed by atoms with van der Waals surface area (Å²) in [6, 6.07) is -0.842. The third kappa shape index (κ3) is 7.88. The van der Waals surface area contributed by atoms with Crippen LogP contribution < -0.4 is 5.32 Å². The summed E-state index contributed by atoms with van der Waals surface area (Å²) in [6.45, 7) is 22.0. The number of carboxylic acid groups (broad SMARTS) is 2. The Morgan fingerprint density at radius 1 is 0.878 bits per heavy atom. The van der Waals surface area contributed by atoms with Crippen LogP contribution in [0.4, 0.5) is 0 Å². The molecule has 0 bridgehead atoms. The minimum absolute atomic E-state index is 0.0607. The molecular weight excluding hydrogens is 618 g/mol. The van der Waals surface area contributed by atoms with Gasteiger partial charge in [-0.05, 0) is 122 Å². The molecule has 4 fully saturated rings. The Bertz CT molecular complexity index is 1240. The third-order valence-electron chi connectivity index (χ3n) is 14.8. The highest BCUT2D eigenvalue weighted by molar-refractivity contribution is 5.85. The number of rotatable bonds is 12. The molecule has 0 radical (unpaired) electrons. The summed E-state index contributed by atoms with van der Waals surface area (Å²) in [5.41, 5.74) is -0.507. The van der Waals surface area contributed by atoms with Crippen molar-refractivity contribution in [2.24, 2.45) is 62.6 Å². The first-order chi connectivity index (χ1) is 22.6. The minimum Gasteiger partial charge on any atom is -0.481 e. The van der Waals surface area contributed by atoms with Crippen LogP contribution in [0, 0.1) is 62.6 Å². The van der Waals surface area contributed by atoms with E-state index in [1.54, 1.807) is 0 Å². The number of nitrogens with one attached hydrogen (secondary N) is 1. The summed E-state index contributed by atoms with van der Waals surface area (Å²) < 4.78 is 6.25. The van der Waals surface area contributed by atoms with Crippen molar-refractivity contribution in [1.29, 1.82) is 0 Å². The molecule has 0 aromatic rings. The lowest BCUT2D eigenvalue weighted by Gasteiger charge is -2.69. The molecule has 1 amide bonds. The summed E-state index contributed by atoms with van der Waals surface area (Å²) in [5, 5.41) is 22.2. The lowest BCUT2D eigenvalue weighted by atomic mass is 9.35. The normalized spacial score (nSPS) is 37.9. The zero-order valence-corrected chi connectivity index (χ0v) is 32.5. The lowest BCUT2D eigenvalue weighted by molar-refractivity contribution is -0.209. The Balaban J connectivity index is 1.55. The van der Waals surface area contributed by atoms with Gasteiger partial charge in [0.15, 0.2) is 0 Å². The van der Waals surface area contributed by atoms with Gasteiger partial charge >= 0.3 is 17.9 Å². The predicted octanol–water partition coefficient (Wildman–Crippen LogP) is 8.90. The quantitative estimate of drug-likeness (QED) is 0.175. The van der Waals surface area contributed by atoms with Crippen molar-refractivity contribution in [3.05, 3.63) is 0 Å². The predicted molar refractivity (Wildman–Crippen MR) is 192 cm³/mol. The van der Waals surface area contributed by atoms with E-state index in [2.05, 4.69) is 46.9 Å². The van der Waals surface area contributed by atoms with Crippen LogP contribution in [0.2, 0.25) is 0 Å². The third-order valence-corrected chi connectivity index (χ3v) is 14.8. The van der Waals surface area contributed by atoms with E-state index in [0.717, 1.165) is 64.2 Å². The van der Waals surface area contributed by atoms with Crippen LogP contribution in [0.1, 0.15) is 159 Å². The molecule has 8 nitrogen and oxygen atoms in total. The molecule has 10 atom stereocenters. The summed E-state index contributed by atoms with van der Waals surface area (Å²) >= 11 is 0. The first-order valence-electron chi connectivity index (χ1n) is 19.5. The molecule has 3 N–H and O–H groups in total. The number of fused-ring (bicyclic) bond motifs is 5. The topological polar surface area (TPSA) is 130 Å². The molecule has 8 heteroatoms. The second-order valence-electron chi connectivity index (χ2n) is 19.6. The lowest BCUT2D eigenvalue weighted by Crippen LogP contribution is -2.63. The molecule has 0 aromatic carbocycles. The van der Waals surface area contributed by atoms with E-state index in [9.17, 15) is 29.4 Å². The molecule has 49 heavy (non-hydrogen) atoms. The van der Waals surface area contributed by atoms with Crippen LogP contribution in [-0.4, -0.2) is 46.2 Å². The summed E-state index contributed by atoms with van der Waals surface area (Å²) in [7, 11) is 0. The molecule has 0 saturated heterocycles. The van der Waals surface area contributed by atoms with Crippen LogP contribution in [0.25, 0.3) is 0 Å². The maximum atomic E-state index is 13.9. The second kappa shape index (κ2) is 14.5. The van der Waals surface area contributed by atoms with E-state index in [1.807, 2.05) is 27.7 Å². The van der Waals surface area contributed by atoms with Crippen LogP contribution in [0.3, 0.4) is 0 Å². The molecule has 280 valence electrons. The summed E-state index contributed by atoms with van der Waals surface area (Å²) in [5.74, 6) is -0.408. The molecule has 4 aliphatic rings. The Kier molecular flexibility index (Phi) is 11.7. The van der Waals surface area contributed by atoms with Crippen molar-refractivity contribution < 1.29 is 34.1 Å². The SMILES string of the molecule is CCC[C@H]1C(C(=O)NC(CC(C)C)C(=O)O)CC[C@]2(C)C1CCC1C3(C)CCC(OC(=O)CC(C)(C)CC(=O)O)C(C)(C)CC3CCC12C. The molecule has 0 spiro atoms. The van der Waals surface area contributed by atoms with E-state index >= 15 is 0 Å². The number of carbonyl (C=O) groups is 4. The van der Waals surface area contributed by atoms with Crippen LogP contribution >= 0.6 is 0 Å². The van der Waals surface area contributed by atoms with E-state index in [1.165, 1.54) is 6.42 Å². The van der Waals surface area contributed by atoms with Gasteiger partial charge in [0, 0.05) is 11.3 Å². The molecule has 4 rings (SSSR count). The monoisotopic (exact) mass is 688 g/mol. The first-order valence-corrected chi connectivity index (χ1v) is 19.5. The van der Waals surface area contributed by atoms with Gasteiger partial charge in [-0.3, -0.25) is 14.4 Å². The first kappa shape index (κ1) is 39.7. The zero-order valence-electron chi connectivity index (χ0n) is 32.5. The number of aliphatic carboxylic acids is 2. The molecule has 8 unspecified atom stereocenters. The Morgan fingerprint density at radius 3 is 2.12 bits per heavy atom. The average molecular weight is 688 g/mol. The highest BCUT2D eigenvalue weighted by atomic mass is 16.5. The number of hydrogen-bond donors (Lipinski definition) is 3. The van der Waals surface area contributed by atoms with Gasteiger partial charge in [0.2, 0.25) is 5.91 Å². The van der Waals surface area contributed by atoms with E-state index in [4.69, 9.17) is 4.74 Å². The van der Waals surface area contributed by atoms with Gasteiger partial charge in [-0.15, -0.1) is 0 Å². The maximum absolute atomic E-state index is 13.9. The number of ether oxygens (including phenoxy) is 1. The van der Waals surface area contributed by atoms with Crippen LogP contribution in [-0.2, 0) is 23.9 Å². The fourth-order valence-corrected chi connectivity index (χ4v) is 12.1. The highest BCUT2D eigenvalue weighted by Crippen LogP contribution is 2.73. The fourth-order valence-electron chi connectivity index (χ4n) is 12.1. The van der Waals surface area contributed by atoms with Gasteiger partial charge in [0.1, 0.15) is 12.1 Å². The Hall–Kier alpha value is -2.12. The molecule has 4 saturated carbocycles. The molecule has 4 aliphatic carbocycles. The van der Waals surface area contributed by atoms with Crippen molar-refractivity contribution in [1.82, 2.24) is 5.32 Å². The molecular formula is C41H69NO7. The average Bonchev–Trinajstić information content (AvgIpc) is 3.05. The fraction of sp³-hybridized carbons (Fsp3) is 0.902. The zero-order chi connectivity index (χ0) is 36.7. The van der Waals surface area contributed by atoms with E-state index in [0.29, 0.717) is 24.2 Å². The minimum atomic E-state index is -0.946. The smallest absolute Gasteiger partial charge is 0.326 e. The molecule has 0 aromatic heterocycles. The second-order valence-corrected chi connectivity index (χ2v) is 19.6. The van der Waals surface area contributed by atoms with E-state index < -0.39 is 23.4 Å². The highest BCUT2D eigenvalue weighted by Gasteiger charge is 2.66. The van der Waals surface area contributed by atoms with Crippen LogP contribution in [0.15, 0.2) is 0 Å². The van der Waals surface area contributed by atoms with Crippen molar-refractivity contribution in [2.75, 3.05) is 0 Å². The summed E-state index contributed by atoms with van der Waals surface area (Å²) in [4.78, 5) is 50.5. The van der Waals surface area contributed by atoms with Gasteiger partial charge in [0.05, 0.1) is 12.8 Å². The largest absolute Gasteiger partial charge is 0.481 e. The van der Waals surface area contributed by atoms with Gasteiger partial charge in [-0.2, -0.15) is 0 Å². The number of carbonyl (C=O) groups excluding carboxylic acids is 2. The Morgan fingerprint density at radius 2 is 1.53 bits per heavy atom. The standard InChI is InChI=1S/C41H69NO7/c1-11-12-27-28(35(46)42-30(36(47)48)21-25(2)3)16-20-40(9)29(27)13-14-31-39(8)18-17-32(49-34(45)24-37(4,5)23-33(43)44)38(6,7)22-26(39)15-19-41(31,40)10/h25-32H,11-24H2,1-10H3,(H,42,46)(H,43,44)(H,47,48)/t26?,27-,28?,29?,30?,31?,32?,39?,40+,41?/m0/s1. The van der Waals surface area contributed by atoms with Gasteiger partial charge in [-0.25, -0.2) is 4.79 Å². The maximum Gasteiger partial charge on any atom is 0.326 e. The number of amides is 1.